The first kappa shape index (κ1) is 21.5. The van der Waals surface area contributed by atoms with Crippen LogP contribution in [0.1, 0.15) is 54.6 Å². The molecule has 3 aliphatic rings. The van der Waals surface area contributed by atoms with E-state index in [0.717, 1.165) is 24.0 Å². The van der Waals surface area contributed by atoms with Crippen LogP contribution in [0, 0.1) is 17.3 Å². The van der Waals surface area contributed by atoms with Gasteiger partial charge in [-0.05, 0) is 65.8 Å². The number of benzene rings is 2. The Bertz CT molecular complexity index is 1150. The molecule has 1 heterocycles. The van der Waals surface area contributed by atoms with Crippen LogP contribution >= 0.6 is 0 Å². The van der Waals surface area contributed by atoms with Crippen LogP contribution in [-0.4, -0.2) is 31.7 Å². The third kappa shape index (κ3) is 3.33. The molecule has 2 bridgehead atoms. The summed E-state index contributed by atoms with van der Waals surface area (Å²) in [7, 11) is -2.07. The van der Waals surface area contributed by atoms with E-state index in [2.05, 4.69) is 24.5 Å². The number of nitrogens with zero attached hydrogens (tertiary/aromatic N) is 1. The lowest BCUT2D eigenvalue weighted by atomic mass is 9.81. The molecule has 2 aromatic carbocycles. The van der Waals surface area contributed by atoms with Gasteiger partial charge in [0.15, 0.2) is 0 Å². The zero-order chi connectivity index (χ0) is 22.7. The van der Waals surface area contributed by atoms with Gasteiger partial charge in [-0.2, -0.15) is 4.31 Å². The predicted octanol–water partition coefficient (Wildman–Crippen LogP) is 3.99. The van der Waals surface area contributed by atoms with Gasteiger partial charge in [-0.1, -0.05) is 38.1 Å². The highest BCUT2D eigenvalue weighted by atomic mass is 32.2. The van der Waals surface area contributed by atoms with Crippen molar-refractivity contribution in [3.05, 3.63) is 59.2 Å². The zero-order valence-electron chi connectivity index (χ0n) is 18.9. The van der Waals surface area contributed by atoms with Gasteiger partial charge in [0.1, 0.15) is 4.90 Å². The van der Waals surface area contributed by atoms with Crippen molar-refractivity contribution < 1.29 is 13.2 Å². The van der Waals surface area contributed by atoms with Crippen molar-refractivity contribution in [3.8, 4) is 0 Å². The molecule has 6 nitrogen and oxygen atoms in total. The number of anilines is 1. The Labute approximate surface area is 190 Å². The molecule has 7 heteroatoms. The molecule has 2 fully saturated rings. The Balaban J connectivity index is 1.40. The minimum atomic E-state index is -3.77. The molecular formula is C25H31N3O3S. The van der Waals surface area contributed by atoms with Crippen LogP contribution in [-0.2, 0) is 23.1 Å². The first-order chi connectivity index (χ1) is 15.2. The molecular weight excluding hydrogens is 422 g/mol. The molecule has 0 spiro atoms. The molecule has 2 saturated carbocycles. The Morgan fingerprint density at radius 2 is 1.75 bits per heavy atom. The van der Waals surface area contributed by atoms with Gasteiger partial charge < -0.3 is 10.6 Å². The van der Waals surface area contributed by atoms with Gasteiger partial charge in [0.2, 0.25) is 10.0 Å². The van der Waals surface area contributed by atoms with Gasteiger partial charge in [-0.25, -0.2) is 8.42 Å². The molecule has 0 saturated heterocycles. The van der Waals surface area contributed by atoms with Crippen LogP contribution in [0.4, 0.5) is 5.69 Å². The molecule has 0 aromatic heterocycles. The Morgan fingerprint density at radius 1 is 1.06 bits per heavy atom. The van der Waals surface area contributed by atoms with Crippen molar-refractivity contribution in [2.45, 2.75) is 57.1 Å². The molecule has 2 unspecified atom stereocenters. The molecule has 1 aliphatic heterocycles. The largest absolute Gasteiger partial charge is 0.387 e. The summed E-state index contributed by atoms with van der Waals surface area (Å²) in [6.45, 7) is 5.31. The molecule has 5 rings (SSSR count). The molecule has 170 valence electrons. The first-order valence-electron chi connectivity index (χ1n) is 11.4. The second-order valence-corrected chi connectivity index (χ2v) is 11.9. The number of fused-ring (bicyclic) bond motifs is 3. The van der Waals surface area contributed by atoms with Crippen LogP contribution in [0.2, 0.25) is 0 Å². The number of rotatable bonds is 5. The lowest BCUT2D eigenvalue weighted by molar-refractivity contribution is 0.0917. The second kappa shape index (κ2) is 7.59. The van der Waals surface area contributed by atoms with E-state index in [1.165, 1.54) is 16.8 Å². The highest BCUT2D eigenvalue weighted by Crippen LogP contribution is 2.57. The van der Waals surface area contributed by atoms with Crippen LogP contribution in [0.5, 0.6) is 0 Å². The zero-order valence-corrected chi connectivity index (χ0v) is 19.7. The molecule has 2 aliphatic carbocycles. The van der Waals surface area contributed by atoms with E-state index in [4.69, 9.17) is 0 Å². The molecule has 2 N–H and O–H groups in total. The fourth-order valence-corrected chi connectivity index (χ4v) is 7.77. The topological polar surface area (TPSA) is 78.5 Å². The minimum absolute atomic E-state index is 0.147. The van der Waals surface area contributed by atoms with E-state index in [0.29, 0.717) is 36.2 Å². The fraction of sp³-hybridized carbons (Fsp3) is 0.480. The average Bonchev–Trinajstić information content (AvgIpc) is 3.41. The number of hydrogen-bond donors (Lipinski definition) is 2. The van der Waals surface area contributed by atoms with Crippen molar-refractivity contribution in [1.29, 1.82) is 0 Å². The van der Waals surface area contributed by atoms with Crippen molar-refractivity contribution in [2.24, 2.45) is 17.3 Å². The fourth-order valence-electron chi connectivity index (χ4n) is 6.15. The highest BCUT2D eigenvalue weighted by molar-refractivity contribution is 7.89. The number of carbonyl (C=O) groups excluding carboxylic acids is 1. The highest BCUT2D eigenvalue weighted by Gasteiger charge is 2.53. The van der Waals surface area contributed by atoms with E-state index >= 15 is 0 Å². The number of amides is 1. The maximum atomic E-state index is 13.5. The lowest BCUT2D eigenvalue weighted by Gasteiger charge is -2.27. The van der Waals surface area contributed by atoms with Gasteiger partial charge in [0, 0.05) is 31.7 Å². The van der Waals surface area contributed by atoms with Gasteiger partial charge in [0.25, 0.3) is 5.91 Å². The summed E-state index contributed by atoms with van der Waals surface area (Å²) >= 11 is 0. The van der Waals surface area contributed by atoms with Gasteiger partial charge in [-0.3, -0.25) is 4.79 Å². The van der Waals surface area contributed by atoms with Crippen molar-refractivity contribution in [1.82, 2.24) is 9.62 Å². The summed E-state index contributed by atoms with van der Waals surface area (Å²) in [5.74, 6) is 0.943. The van der Waals surface area contributed by atoms with Gasteiger partial charge >= 0.3 is 0 Å². The maximum absolute atomic E-state index is 13.5. The Hall–Kier alpha value is -2.38. The quantitative estimate of drug-likeness (QED) is 0.718. The SMILES string of the molecule is CNc1ccc(C(=O)N[C@@H]2CC3CCC2C3(C)C)cc1S(=O)(=O)N1Cc2ccccc2C1. The monoisotopic (exact) mass is 453 g/mol. The standard InChI is InChI=1S/C25H31N3O3S/c1-25(2)19-9-10-20(25)22(13-19)27-24(29)16-8-11-21(26-3)23(12-16)32(30,31)28-14-17-6-4-5-7-18(17)15-28/h4-8,11-12,19-20,22,26H,9-10,13-15H2,1-3H3,(H,27,29)/t19?,20?,22-/m1/s1. The summed E-state index contributed by atoms with van der Waals surface area (Å²) in [6, 6.07) is 12.9. The summed E-state index contributed by atoms with van der Waals surface area (Å²) in [4.78, 5) is 13.3. The minimum Gasteiger partial charge on any atom is -0.387 e. The van der Waals surface area contributed by atoms with Crippen LogP contribution in [0.25, 0.3) is 0 Å². The predicted molar refractivity (Wildman–Crippen MR) is 125 cm³/mol. The summed E-state index contributed by atoms with van der Waals surface area (Å²) < 4.78 is 28.6. The Kier molecular flexibility index (Phi) is 5.09. The van der Waals surface area contributed by atoms with Crippen LogP contribution in [0.15, 0.2) is 47.4 Å². The van der Waals surface area contributed by atoms with Gasteiger partial charge in [0.05, 0.1) is 5.69 Å². The van der Waals surface area contributed by atoms with E-state index in [-0.39, 0.29) is 22.3 Å². The second-order valence-electron chi connectivity index (χ2n) is 10.0. The normalized spacial score (nSPS) is 26.2. The van der Waals surface area contributed by atoms with Crippen LogP contribution < -0.4 is 10.6 Å². The Morgan fingerprint density at radius 3 is 2.31 bits per heavy atom. The first-order valence-corrected chi connectivity index (χ1v) is 12.9. The van der Waals surface area contributed by atoms with E-state index < -0.39 is 10.0 Å². The maximum Gasteiger partial charge on any atom is 0.251 e. The third-order valence-corrected chi connectivity index (χ3v) is 9.95. The van der Waals surface area contributed by atoms with Crippen LogP contribution in [0.3, 0.4) is 0 Å². The molecule has 0 radical (unpaired) electrons. The lowest BCUT2D eigenvalue weighted by Crippen LogP contribution is -2.40. The van der Waals surface area contributed by atoms with E-state index in [9.17, 15) is 13.2 Å². The molecule has 3 atom stereocenters. The van der Waals surface area contributed by atoms with E-state index in [1.54, 1.807) is 19.2 Å². The molecule has 32 heavy (non-hydrogen) atoms. The van der Waals surface area contributed by atoms with Gasteiger partial charge in [-0.15, -0.1) is 0 Å². The smallest absolute Gasteiger partial charge is 0.251 e. The van der Waals surface area contributed by atoms with Crippen molar-refractivity contribution in [3.63, 3.8) is 0 Å². The summed E-state index contributed by atoms with van der Waals surface area (Å²) in [5.41, 5.74) is 3.19. The number of sulfonamides is 1. The summed E-state index contributed by atoms with van der Waals surface area (Å²) in [5, 5.41) is 6.20. The number of hydrogen-bond acceptors (Lipinski definition) is 4. The third-order valence-electron chi connectivity index (χ3n) is 8.12. The molecule has 2 aromatic rings. The molecule has 1 amide bonds. The van der Waals surface area contributed by atoms with E-state index in [1.807, 2.05) is 24.3 Å². The number of carbonyl (C=O) groups is 1. The number of nitrogens with one attached hydrogen (secondary N) is 2. The van der Waals surface area contributed by atoms with Crippen molar-refractivity contribution in [2.75, 3.05) is 12.4 Å². The average molecular weight is 454 g/mol. The van der Waals surface area contributed by atoms with Crippen molar-refractivity contribution >= 4 is 21.6 Å². The summed E-state index contributed by atoms with van der Waals surface area (Å²) in [6.07, 6.45) is 3.40.